The van der Waals surface area contributed by atoms with Gasteiger partial charge in [-0.3, -0.25) is 0 Å². The number of benzene rings is 2. The Bertz CT molecular complexity index is 1060. The van der Waals surface area contributed by atoms with E-state index in [1.807, 2.05) is 53.0 Å². The lowest BCUT2D eigenvalue weighted by atomic mass is 9.81. The van der Waals surface area contributed by atoms with Crippen LogP contribution in [0.2, 0.25) is 0 Å². The molecule has 3 heteroatoms. The van der Waals surface area contributed by atoms with E-state index in [1.165, 1.54) is 24.8 Å². The van der Waals surface area contributed by atoms with E-state index in [4.69, 9.17) is 0 Å². The SMILES string of the molecule is CC/C=C(\c1cc(C#N)c(C)cc1C)c1c(F)ccc(NC)c1C.CC1CCC(C2CC2)CC1. The number of rotatable bonds is 5. The highest BCUT2D eigenvalue weighted by Crippen LogP contribution is 2.44. The molecule has 0 unspecified atom stereocenters. The standard InChI is InChI=1S/C21H23FN2.C10H18/c1-6-7-17(18-11-16(12-23)13(2)10-14(18)3)21-15(4)20(24-5)9-8-19(21)22;1-8-2-4-9(5-3-8)10-6-7-10/h7-11,24H,6H2,1-5H3;8-10H,2-7H2,1H3/b17-7+;. The summed E-state index contributed by atoms with van der Waals surface area (Å²) in [6.07, 6.45) is 12.1. The molecule has 0 aromatic heterocycles. The minimum absolute atomic E-state index is 0.246. The van der Waals surface area contributed by atoms with E-state index < -0.39 is 0 Å². The van der Waals surface area contributed by atoms with E-state index in [9.17, 15) is 9.65 Å². The monoisotopic (exact) mass is 460 g/mol. The van der Waals surface area contributed by atoms with Crippen molar-refractivity contribution in [1.29, 1.82) is 5.26 Å². The maximum absolute atomic E-state index is 14.7. The number of nitrogens with one attached hydrogen (secondary N) is 1. The summed E-state index contributed by atoms with van der Waals surface area (Å²) in [5, 5.41) is 12.5. The number of halogens is 1. The Hall–Kier alpha value is -2.60. The van der Waals surface area contributed by atoms with Gasteiger partial charge in [-0.25, -0.2) is 4.39 Å². The average molecular weight is 461 g/mol. The van der Waals surface area contributed by atoms with Crippen LogP contribution in [0.15, 0.2) is 30.3 Å². The summed E-state index contributed by atoms with van der Waals surface area (Å²) in [4.78, 5) is 0. The zero-order chi connectivity index (χ0) is 24.8. The maximum Gasteiger partial charge on any atom is 0.131 e. The molecular formula is C31H41FN2. The van der Waals surface area contributed by atoms with Crippen molar-refractivity contribution >= 4 is 11.3 Å². The van der Waals surface area contributed by atoms with Crippen LogP contribution in [0.4, 0.5) is 10.1 Å². The van der Waals surface area contributed by atoms with Gasteiger partial charge in [-0.2, -0.15) is 5.26 Å². The number of allylic oxidation sites excluding steroid dienone is 1. The third-order valence-corrected chi connectivity index (χ3v) is 7.69. The summed E-state index contributed by atoms with van der Waals surface area (Å²) < 4.78 is 14.7. The van der Waals surface area contributed by atoms with Gasteiger partial charge < -0.3 is 5.32 Å². The van der Waals surface area contributed by atoms with Gasteiger partial charge >= 0.3 is 0 Å². The van der Waals surface area contributed by atoms with Crippen LogP contribution in [-0.2, 0) is 0 Å². The van der Waals surface area contributed by atoms with Gasteiger partial charge in [-0.1, -0.05) is 38.8 Å². The zero-order valence-electron chi connectivity index (χ0n) is 21.9. The van der Waals surface area contributed by atoms with Gasteiger partial charge in [0.15, 0.2) is 0 Å². The third-order valence-electron chi connectivity index (χ3n) is 7.69. The van der Waals surface area contributed by atoms with Crippen molar-refractivity contribution in [1.82, 2.24) is 0 Å². The molecule has 2 saturated carbocycles. The van der Waals surface area contributed by atoms with Crippen LogP contribution in [0, 0.1) is 55.7 Å². The van der Waals surface area contributed by atoms with E-state index in [1.54, 1.807) is 31.7 Å². The van der Waals surface area contributed by atoms with Crippen molar-refractivity contribution in [2.24, 2.45) is 17.8 Å². The Labute approximate surface area is 206 Å². The van der Waals surface area contributed by atoms with Crippen molar-refractivity contribution in [2.75, 3.05) is 12.4 Å². The van der Waals surface area contributed by atoms with Crippen LogP contribution >= 0.6 is 0 Å². The second-order valence-electron chi connectivity index (χ2n) is 10.3. The Balaban J connectivity index is 0.000000266. The molecule has 2 fully saturated rings. The molecular weight excluding hydrogens is 419 g/mol. The van der Waals surface area contributed by atoms with E-state index >= 15 is 0 Å². The van der Waals surface area contributed by atoms with Crippen LogP contribution in [0.1, 0.15) is 92.2 Å². The highest BCUT2D eigenvalue weighted by molar-refractivity contribution is 5.85. The second kappa shape index (κ2) is 11.7. The second-order valence-corrected chi connectivity index (χ2v) is 10.3. The van der Waals surface area contributed by atoms with Gasteiger partial charge in [0.2, 0.25) is 0 Å². The molecule has 0 saturated heterocycles. The van der Waals surface area contributed by atoms with E-state index in [0.717, 1.165) is 51.8 Å². The highest BCUT2D eigenvalue weighted by Gasteiger charge is 2.32. The summed E-state index contributed by atoms with van der Waals surface area (Å²) >= 11 is 0. The number of nitrogens with zero attached hydrogens (tertiary/aromatic N) is 1. The van der Waals surface area contributed by atoms with Gasteiger partial charge in [0.05, 0.1) is 11.6 Å². The van der Waals surface area contributed by atoms with Crippen molar-refractivity contribution in [3.8, 4) is 6.07 Å². The molecule has 182 valence electrons. The number of hydrogen-bond acceptors (Lipinski definition) is 2. The summed E-state index contributed by atoms with van der Waals surface area (Å²) in [7, 11) is 1.83. The number of nitriles is 1. The minimum atomic E-state index is -0.246. The molecule has 34 heavy (non-hydrogen) atoms. The number of aryl methyl sites for hydroxylation is 2. The minimum Gasteiger partial charge on any atom is -0.388 e. The fourth-order valence-electron chi connectivity index (χ4n) is 5.42. The first-order valence-corrected chi connectivity index (χ1v) is 13.0. The molecule has 0 heterocycles. The molecule has 0 bridgehead atoms. The first-order chi connectivity index (χ1) is 16.3. The van der Waals surface area contributed by atoms with Gasteiger partial charge in [0.1, 0.15) is 5.82 Å². The molecule has 2 aliphatic carbocycles. The van der Waals surface area contributed by atoms with Crippen LogP contribution in [0.25, 0.3) is 5.57 Å². The van der Waals surface area contributed by atoms with Crippen molar-refractivity contribution in [3.05, 3.63) is 69.5 Å². The molecule has 2 nitrogen and oxygen atoms in total. The summed E-state index contributed by atoms with van der Waals surface area (Å²) in [5.74, 6) is 3.11. The predicted molar refractivity (Wildman–Crippen MR) is 143 cm³/mol. The largest absolute Gasteiger partial charge is 0.388 e. The van der Waals surface area contributed by atoms with E-state index in [-0.39, 0.29) is 5.82 Å². The lowest BCUT2D eigenvalue weighted by molar-refractivity contribution is 0.265. The lowest BCUT2D eigenvalue weighted by Crippen LogP contribution is -2.13. The van der Waals surface area contributed by atoms with Crippen LogP contribution in [0.5, 0.6) is 0 Å². The maximum atomic E-state index is 14.7. The Morgan fingerprint density at radius 3 is 2.18 bits per heavy atom. The molecule has 0 radical (unpaired) electrons. The fourth-order valence-corrected chi connectivity index (χ4v) is 5.42. The average Bonchev–Trinajstić information content (AvgIpc) is 3.65. The smallest absolute Gasteiger partial charge is 0.131 e. The van der Waals surface area contributed by atoms with E-state index in [0.29, 0.717) is 11.1 Å². The van der Waals surface area contributed by atoms with Crippen LogP contribution < -0.4 is 5.32 Å². The Morgan fingerprint density at radius 2 is 1.65 bits per heavy atom. The molecule has 0 aliphatic heterocycles. The molecule has 0 spiro atoms. The summed E-state index contributed by atoms with van der Waals surface area (Å²) in [6.45, 7) is 10.3. The molecule has 0 atom stereocenters. The third kappa shape index (κ3) is 6.09. The Kier molecular flexibility index (Phi) is 8.95. The van der Waals surface area contributed by atoms with Gasteiger partial charge in [-0.15, -0.1) is 0 Å². The molecule has 1 N–H and O–H groups in total. The highest BCUT2D eigenvalue weighted by atomic mass is 19.1. The van der Waals surface area contributed by atoms with Crippen LogP contribution in [-0.4, -0.2) is 7.05 Å². The predicted octanol–water partition coefficient (Wildman–Crippen LogP) is 8.73. The van der Waals surface area contributed by atoms with Gasteiger partial charge in [0.25, 0.3) is 0 Å². The summed E-state index contributed by atoms with van der Waals surface area (Å²) in [6, 6.07) is 9.34. The Morgan fingerprint density at radius 1 is 1.03 bits per heavy atom. The summed E-state index contributed by atoms with van der Waals surface area (Å²) in [5.41, 5.74) is 6.73. The lowest BCUT2D eigenvalue weighted by Gasteiger charge is -2.25. The molecule has 4 rings (SSSR count). The molecule has 2 aromatic rings. The first kappa shape index (κ1) is 26.0. The molecule has 2 aromatic carbocycles. The fraction of sp³-hybridized carbons (Fsp3) is 0.516. The van der Waals surface area contributed by atoms with Crippen molar-refractivity contribution < 1.29 is 4.39 Å². The first-order valence-electron chi connectivity index (χ1n) is 13.0. The molecule has 0 amide bonds. The normalized spacial score (nSPS) is 20.2. The number of anilines is 1. The van der Waals surface area contributed by atoms with Crippen molar-refractivity contribution in [3.63, 3.8) is 0 Å². The van der Waals surface area contributed by atoms with E-state index in [2.05, 4.69) is 18.3 Å². The van der Waals surface area contributed by atoms with Crippen LogP contribution in [0.3, 0.4) is 0 Å². The number of hydrogen-bond donors (Lipinski definition) is 1. The topological polar surface area (TPSA) is 35.8 Å². The van der Waals surface area contributed by atoms with Crippen molar-refractivity contribution in [2.45, 2.75) is 79.6 Å². The molecule has 2 aliphatic rings. The quantitative estimate of drug-likeness (QED) is 0.484. The zero-order valence-corrected chi connectivity index (χ0v) is 21.9. The van der Waals surface area contributed by atoms with Gasteiger partial charge in [-0.05, 0) is 117 Å². The van der Waals surface area contributed by atoms with Gasteiger partial charge in [0, 0.05) is 18.3 Å².